The van der Waals surface area contributed by atoms with Crippen LogP contribution in [0.1, 0.15) is 28.2 Å². The van der Waals surface area contributed by atoms with Crippen molar-refractivity contribution >= 4 is 0 Å². The van der Waals surface area contributed by atoms with E-state index in [-0.39, 0.29) is 62.0 Å². The summed E-state index contributed by atoms with van der Waals surface area (Å²) < 4.78 is 0. The molecule has 58 valence electrons. The Labute approximate surface area is 121 Å². The molecule has 0 aromatic heterocycles. The smallest absolute Gasteiger partial charge is 1.00 e. The maximum Gasteiger partial charge on any atom is 1.00 e. The Bertz CT molecular complexity index is 232. The van der Waals surface area contributed by atoms with Gasteiger partial charge in [-0.3, -0.25) is 0 Å². The van der Waals surface area contributed by atoms with E-state index in [1.165, 1.54) is 5.56 Å². The molecule has 1 nitrogen and oxygen atoms in total. The molecule has 0 radical (unpaired) electrons. The molecule has 0 spiro atoms. The molecule has 0 fully saturated rings. The Morgan fingerprint density at radius 2 is 1.83 bits per heavy atom. The Kier molecular flexibility index (Phi) is 9.59. The van der Waals surface area contributed by atoms with Gasteiger partial charge in [-0.15, -0.1) is 0 Å². The first-order valence-corrected chi connectivity index (χ1v) is 3.49. The zero-order valence-corrected chi connectivity index (χ0v) is 12.3. The summed E-state index contributed by atoms with van der Waals surface area (Å²) in [5, 5.41) is 9.06. The third-order valence-electron chi connectivity index (χ3n) is 1.54. The van der Waals surface area contributed by atoms with Gasteiger partial charge in [0, 0.05) is 0 Å². The maximum absolute atomic E-state index is 9.06. The average molecular weight is 184 g/mol. The van der Waals surface area contributed by atoms with E-state index in [1.807, 2.05) is 12.1 Å². The van der Waals surface area contributed by atoms with E-state index < -0.39 is 0 Å². The fraction of sp³-hybridized carbons (Fsp3) is 0.333. The van der Waals surface area contributed by atoms with E-state index in [9.17, 15) is 0 Å². The molecule has 0 bridgehead atoms. The van der Waals surface area contributed by atoms with E-state index in [0.29, 0.717) is 11.7 Å². The van der Waals surface area contributed by atoms with E-state index in [1.54, 1.807) is 12.1 Å². The third-order valence-corrected chi connectivity index (χ3v) is 1.54. The monoisotopic (exact) mass is 184 g/mol. The van der Waals surface area contributed by atoms with Gasteiger partial charge in [-0.2, -0.15) is 0 Å². The average Bonchev–Trinajstić information content (AvgIpc) is 1.88. The number of hydrogen-bond donors (Lipinski definition) is 1. The molecule has 1 rings (SSSR count). The van der Waals surface area contributed by atoms with Crippen LogP contribution < -0.4 is 59.1 Å². The molecule has 3 heteroatoms. The molecule has 12 heavy (non-hydrogen) atoms. The molecule has 0 aliphatic carbocycles. The predicted octanol–water partition coefficient (Wildman–Crippen LogP) is -3.25. The van der Waals surface area contributed by atoms with Gasteiger partial charge in [0.25, 0.3) is 0 Å². The Balaban J connectivity index is -0.000000125. The summed E-state index contributed by atoms with van der Waals surface area (Å²) in [6.45, 7) is 4.21. The molecule has 0 atom stereocenters. The van der Waals surface area contributed by atoms with Gasteiger partial charge in [0.05, 0.1) is 0 Å². The van der Waals surface area contributed by atoms with Crippen LogP contribution in [0.5, 0.6) is 5.75 Å². The summed E-state index contributed by atoms with van der Waals surface area (Å²) in [4.78, 5) is 0. The van der Waals surface area contributed by atoms with Crippen LogP contribution in [0.3, 0.4) is 0 Å². The van der Waals surface area contributed by atoms with Gasteiger partial charge in [-0.25, -0.2) is 0 Å². The van der Waals surface area contributed by atoms with Crippen LogP contribution in [-0.2, 0) is 0 Å². The molecule has 1 aromatic rings. The van der Waals surface area contributed by atoms with Crippen LogP contribution in [0.4, 0.5) is 0 Å². The second-order valence-corrected chi connectivity index (χ2v) is 2.75. The van der Waals surface area contributed by atoms with E-state index in [0.717, 1.165) is 0 Å². The van der Waals surface area contributed by atoms with Gasteiger partial charge < -0.3 is 7.96 Å². The van der Waals surface area contributed by atoms with E-state index in [2.05, 4.69) is 13.8 Å². The summed E-state index contributed by atoms with van der Waals surface area (Å²) in [6.07, 6.45) is 0. The first-order valence-electron chi connectivity index (χ1n) is 3.49. The molecular weight excluding hydrogens is 170 g/mol. The number of hydrogen-bond acceptors (Lipinski definition) is 1. The van der Waals surface area contributed by atoms with Gasteiger partial charge in [-0.1, -0.05) is 26.0 Å². The summed E-state index contributed by atoms with van der Waals surface area (Å²) in [5.74, 6) is 0.846. The third kappa shape index (κ3) is 4.90. The fourth-order valence-electron chi connectivity index (χ4n) is 0.884. The van der Waals surface area contributed by atoms with Crippen LogP contribution in [0, 0.1) is 0 Å². The van der Waals surface area contributed by atoms with Crippen LogP contribution >= 0.6 is 0 Å². The van der Waals surface area contributed by atoms with Crippen LogP contribution in [0.15, 0.2) is 24.3 Å². The SMILES string of the molecule is CC(C)c1cccc(O)c1.[H-].[H-].[Na+].[Na+]. The normalized spacial score (nSPS) is 8.58. The minimum Gasteiger partial charge on any atom is -1.00 e. The molecule has 0 saturated heterocycles. The number of rotatable bonds is 1. The van der Waals surface area contributed by atoms with Gasteiger partial charge in [0.2, 0.25) is 0 Å². The van der Waals surface area contributed by atoms with Crippen molar-refractivity contribution < 1.29 is 67.1 Å². The topological polar surface area (TPSA) is 20.2 Å². The predicted molar refractivity (Wildman–Crippen MR) is 44.4 cm³/mol. The van der Waals surface area contributed by atoms with Crippen molar-refractivity contribution in [3.05, 3.63) is 29.8 Å². The van der Waals surface area contributed by atoms with Gasteiger partial charge >= 0.3 is 59.1 Å². The number of aromatic hydroxyl groups is 1. The van der Waals surface area contributed by atoms with Gasteiger partial charge in [-0.05, 0) is 23.6 Å². The molecule has 0 unspecified atom stereocenters. The maximum atomic E-state index is 9.06. The van der Waals surface area contributed by atoms with Crippen molar-refractivity contribution in [2.75, 3.05) is 0 Å². The quantitative estimate of drug-likeness (QED) is 0.454. The van der Waals surface area contributed by atoms with Gasteiger partial charge in [0.1, 0.15) is 5.75 Å². The number of benzene rings is 1. The van der Waals surface area contributed by atoms with E-state index in [4.69, 9.17) is 5.11 Å². The molecular formula is C9H14Na2O. The zero-order chi connectivity index (χ0) is 7.56. The van der Waals surface area contributed by atoms with Crippen molar-refractivity contribution in [1.82, 2.24) is 0 Å². The number of phenols is 1. The Morgan fingerprint density at radius 1 is 1.25 bits per heavy atom. The van der Waals surface area contributed by atoms with Gasteiger partial charge in [0.15, 0.2) is 0 Å². The Morgan fingerprint density at radius 3 is 2.17 bits per heavy atom. The first-order chi connectivity index (χ1) is 4.70. The summed E-state index contributed by atoms with van der Waals surface area (Å²) in [5.41, 5.74) is 1.18. The largest absolute Gasteiger partial charge is 1.00 e. The van der Waals surface area contributed by atoms with Crippen LogP contribution in [0.2, 0.25) is 0 Å². The minimum absolute atomic E-state index is 0. The van der Waals surface area contributed by atoms with Crippen molar-refractivity contribution in [3.8, 4) is 5.75 Å². The molecule has 1 aromatic carbocycles. The standard InChI is InChI=1S/C9H12O.2Na.2H/c1-7(2)8-4-3-5-9(10)6-8;;;;/h3-7,10H,1-2H3;;;;/q;2*+1;2*-1. The molecule has 0 heterocycles. The van der Waals surface area contributed by atoms with Crippen LogP contribution in [-0.4, -0.2) is 5.11 Å². The van der Waals surface area contributed by atoms with Crippen LogP contribution in [0.25, 0.3) is 0 Å². The van der Waals surface area contributed by atoms with Crippen molar-refractivity contribution in [3.63, 3.8) is 0 Å². The Hall–Kier alpha value is 1.02. The number of phenolic OH excluding ortho intramolecular Hbond substituents is 1. The second-order valence-electron chi connectivity index (χ2n) is 2.75. The molecule has 0 saturated carbocycles. The fourth-order valence-corrected chi connectivity index (χ4v) is 0.884. The summed E-state index contributed by atoms with van der Waals surface area (Å²) >= 11 is 0. The van der Waals surface area contributed by atoms with Crippen molar-refractivity contribution in [2.24, 2.45) is 0 Å². The second kappa shape index (κ2) is 7.43. The van der Waals surface area contributed by atoms with Crippen molar-refractivity contribution in [1.29, 1.82) is 0 Å². The summed E-state index contributed by atoms with van der Waals surface area (Å²) in [7, 11) is 0. The first kappa shape index (κ1) is 15.5. The molecule has 1 N–H and O–H groups in total. The van der Waals surface area contributed by atoms with Crippen molar-refractivity contribution in [2.45, 2.75) is 19.8 Å². The molecule has 0 amide bonds. The zero-order valence-electron chi connectivity index (χ0n) is 10.3. The van der Waals surface area contributed by atoms with E-state index >= 15 is 0 Å². The molecule has 0 aliphatic rings. The molecule has 0 aliphatic heterocycles. The summed E-state index contributed by atoms with van der Waals surface area (Å²) in [6, 6.07) is 7.37. The minimum atomic E-state index is 0.